The van der Waals surface area contributed by atoms with E-state index < -0.39 is 0 Å². The maximum absolute atomic E-state index is 12.2. The molecule has 1 fully saturated rings. The Morgan fingerprint density at radius 1 is 1.50 bits per heavy atom. The third-order valence-corrected chi connectivity index (χ3v) is 3.63. The second-order valence-corrected chi connectivity index (χ2v) is 5.16. The average molecular weight is 277 g/mol. The van der Waals surface area contributed by atoms with Crippen molar-refractivity contribution in [2.24, 2.45) is 5.84 Å². The van der Waals surface area contributed by atoms with Crippen molar-refractivity contribution in [2.75, 3.05) is 25.1 Å². The summed E-state index contributed by atoms with van der Waals surface area (Å²) in [5.41, 5.74) is 3.03. The normalized spacial score (nSPS) is 16.9. The third kappa shape index (κ3) is 3.91. The minimum Gasteiger partial charge on any atom is -0.349 e. The fraction of sp³-hybridized carbons (Fsp3) is 0.571. The molecule has 6 nitrogen and oxygen atoms in total. The molecule has 1 aliphatic rings. The molecule has 1 aromatic heterocycles. The first kappa shape index (κ1) is 14.7. The van der Waals surface area contributed by atoms with Gasteiger partial charge in [0.2, 0.25) is 0 Å². The van der Waals surface area contributed by atoms with E-state index in [0.717, 1.165) is 32.5 Å². The van der Waals surface area contributed by atoms with Crippen LogP contribution in [0, 0.1) is 0 Å². The summed E-state index contributed by atoms with van der Waals surface area (Å²) in [5.74, 6) is 5.74. The molecule has 1 aliphatic heterocycles. The van der Waals surface area contributed by atoms with Crippen molar-refractivity contribution in [2.45, 2.75) is 32.2 Å². The molecular formula is C14H23N5O. The molecule has 4 N–H and O–H groups in total. The van der Waals surface area contributed by atoms with Crippen LogP contribution in [0.15, 0.2) is 18.3 Å². The molecular weight excluding hydrogens is 254 g/mol. The van der Waals surface area contributed by atoms with Crippen molar-refractivity contribution < 1.29 is 4.79 Å². The number of rotatable bonds is 5. The van der Waals surface area contributed by atoms with Crippen LogP contribution in [-0.4, -0.2) is 41.5 Å². The fourth-order valence-corrected chi connectivity index (χ4v) is 2.54. The van der Waals surface area contributed by atoms with Crippen molar-refractivity contribution >= 4 is 11.7 Å². The van der Waals surface area contributed by atoms with Crippen molar-refractivity contribution in [3.05, 3.63) is 23.9 Å². The molecule has 2 heterocycles. The molecule has 0 unspecified atom stereocenters. The van der Waals surface area contributed by atoms with Gasteiger partial charge in [0.25, 0.3) is 5.91 Å². The first-order valence-electron chi connectivity index (χ1n) is 7.18. The Morgan fingerprint density at radius 2 is 2.25 bits per heavy atom. The number of aromatic nitrogens is 1. The van der Waals surface area contributed by atoms with E-state index in [0.29, 0.717) is 11.4 Å². The summed E-state index contributed by atoms with van der Waals surface area (Å²) in [6, 6.07) is 3.61. The maximum atomic E-state index is 12.2. The van der Waals surface area contributed by atoms with Crippen LogP contribution in [0.4, 0.5) is 5.82 Å². The number of nitrogen functional groups attached to an aromatic ring is 1. The highest BCUT2D eigenvalue weighted by Gasteiger charge is 2.20. The summed E-state index contributed by atoms with van der Waals surface area (Å²) in [5, 5.41) is 3.09. The first-order chi connectivity index (χ1) is 9.72. The number of likely N-dealkylation sites (tertiary alicyclic amines) is 1. The SMILES string of the molecule is CCCN1CCC(NC(=O)c2ccnc(NN)c2)CC1. The molecule has 110 valence electrons. The van der Waals surface area contributed by atoms with E-state index in [1.807, 2.05) is 0 Å². The van der Waals surface area contributed by atoms with Gasteiger partial charge in [0.1, 0.15) is 5.82 Å². The molecule has 0 bridgehead atoms. The van der Waals surface area contributed by atoms with Gasteiger partial charge in [0, 0.05) is 30.9 Å². The number of anilines is 1. The van der Waals surface area contributed by atoms with Gasteiger partial charge < -0.3 is 15.6 Å². The second kappa shape index (κ2) is 7.21. The smallest absolute Gasteiger partial charge is 0.251 e. The van der Waals surface area contributed by atoms with E-state index in [9.17, 15) is 4.79 Å². The van der Waals surface area contributed by atoms with Gasteiger partial charge in [-0.1, -0.05) is 6.92 Å². The molecule has 0 aromatic carbocycles. The molecule has 20 heavy (non-hydrogen) atoms. The van der Waals surface area contributed by atoms with Crippen molar-refractivity contribution in [1.82, 2.24) is 15.2 Å². The fourth-order valence-electron chi connectivity index (χ4n) is 2.54. The highest BCUT2D eigenvalue weighted by Crippen LogP contribution is 2.12. The lowest BCUT2D eigenvalue weighted by molar-refractivity contribution is 0.0911. The summed E-state index contributed by atoms with van der Waals surface area (Å²) in [6.07, 6.45) is 4.79. The number of nitrogens with zero attached hydrogens (tertiary/aromatic N) is 2. The number of carbonyl (C=O) groups excluding carboxylic acids is 1. The van der Waals surface area contributed by atoms with E-state index in [1.54, 1.807) is 18.3 Å². The number of nitrogens with two attached hydrogens (primary N) is 1. The molecule has 0 radical (unpaired) electrons. The minimum absolute atomic E-state index is 0.0576. The second-order valence-electron chi connectivity index (χ2n) is 5.16. The molecule has 1 amide bonds. The molecule has 0 spiro atoms. The first-order valence-corrected chi connectivity index (χ1v) is 7.18. The Morgan fingerprint density at radius 3 is 2.90 bits per heavy atom. The lowest BCUT2D eigenvalue weighted by Crippen LogP contribution is -2.44. The highest BCUT2D eigenvalue weighted by atomic mass is 16.1. The number of hydrogen-bond donors (Lipinski definition) is 3. The van der Waals surface area contributed by atoms with Crippen LogP contribution in [0.3, 0.4) is 0 Å². The van der Waals surface area contributed by atoms with Crippen LogP contribution in [0.2, 0.25) is 0 Å². The van der Waals surface area contributed by atoms with Gasteiger partial charge in [0.05, 0.1) is 0 Å². The Hall–Kier alpha value is -1.66. The molecule has 0 saturated carbocycles. The predicted octanol–water partition coefficient (Wildman–Crippen LogP) is 0.971. The lowest BCUT2D eigenvalue weighted by Gasteiger charge is -2.32. The Balaban J connectivity index is 1.86. The lowest BCUT2D eigenvalue weighted by atomic mass is 10.0. The topological polar surface area (TPSA) is 83.3 Å². The Labute approximate surface area is 119 Å². The number of hydrazine groups is 1. The number of pyridine rings is 1. The minimum atomic E-state index is -0.0576. The largest absolute Gasteiger partial charge is 0.349 e. The van der Waals surface area contributed by atoms with Crippen LogP contribution in [0.1, 0.15) is 36.5 Å². The van der Waals surface area contributed by atoms with Gasteiger partial charge in [-0.05, 0) is 37.9 Å². The molecule has 1 saturated heterocycles. The molecule has 0 aliphatic carbocycles. The van der Waals surface area contributed by atoms with E-state index in [4.69, 9.17) is 5.84 Å². The molecule has 1 aromatic rings. The predicted molar refractivity (Wildman–Crippen MR) is 79.3 cm³/mol. The van der Waals surface area contributed by atoms with Gasteiger partial charge in [-0.3, -0.25) is 4.79 Å². The van der Waals surface area contributed by atoms with Gasteiger partial charge in [-0.2, -0.15) is 0 Å². The van der Waals surface area contributed by atoms with Crippen LogP contribution >= 0.6 is 0 Å². The summed E-state index contributed by atoms with van der Waals surface area (Å²) in [4.78, 5) is 18.6. The number of nitrogens with one attached hydrogen (secondary N) is 2. The van der Waals surface area contributed by atoms with Crippen molar-refractivity contribution in [3.63, 3.8) is 0 Å². The summed E-state index contributed by atoms with van der Waals surface area (Å²) in [7, 11) is 0. The van der Waals surface area contributed by atoms with Crippen LogP contribution in [-0.2, 0) is 0 Å². The summed E-state index contributed by atoms with van der Waals surface area (Å²) >= 11 is 0. The van der Waals surface area contributed by atoms with E-state index >= 15 is 0 Å². The quantitative estimate of drug-likeness (QED) is 0.552. The van der Waals surface area contributed by atoms with Crippen LogP contribution in [0.25, 0.3) is 0 Å². The highest BCUT2D eigenvalue weighted by molar-refractivity contribution is 5.94. The van der Waals surface area contributed by atoms with E-state index in [1.165, 1.54) is 6.42 Å². The number of hydrogen-bond acceptors (Lipinski definition) is 5. The van der Waals surface area contributed by atoms with E-state index in [-0.39, 0.29) is 11.9 Å². The Kier molecular flexibility index (Phi) is 5.31. The Bertz CT molecular complexity index is 443. The zero-order valence-electron chi connectivity index (χ0n) is 11.9. The van der Waals surface area contributed by atoms with Gasteiger partial charge >= 0.3 is 0 Å². The van der Waals surface area contributed by atoms with Crippen molar-refractivity contribution in [3.8, 4) is 0 Å². The van der Waals surface area contributed by atoms with Gasteiger partial charge in [-0.15, -0.1) is 0 Å². The zero-order valence-corrected chi connectivity index (χ0v) is 11.9. The molecule has 0 atom stereocenters. The van der Waals surface area contributed by atoms with Gasteiger partial charge in [0.15, 0.2) is 0 Å². The van der Waals surface area contributed by atoms with Crippen LogP contribution < -0.4 is 16.6 Å². The average Bonchev–Trinajstić information content (AvgIpc) is 2.49. The molecule has 2 rings (SSSR count). The standard InChI is InChI=1S/C14H23N5O/c1-2-7-19-8-4-12(5-9-19)17-14(20)11-3-6-16-13(10-11)18-15/h3,6,10,12H,2,4-5,7-9,15H2,1H3,(H,16,18)(H,17,20). The van der Waals surface area contributed by atoms with Gasteiger partial charge in [-0.25, -0.2) is 10.8 Å². The third-order valence-electron chi connectivity index (χ3n) is 3.63. The zero-order chi connectivity index (χ0) is 14.4. The number of amides is 1. The number of carbonyl (C=O) groups is 1. The molecule has 6 heteroatoms. The summed E-state index contributed by atoms with van der Waals surface area (Å²) < 4.78 is 0. The maximum Gasteiger partial charge on any atom is 0.251 e. The van der Waals surface area contributed by atoms with E-state index in [2.05, 4.69) is 27.6 Å². The summed E-state index contributed by atoms with van der Waals surface area (Å²) in [6.45, 7) is 5.46. The van der Waals surface area contributed by atoms with Crippen LogP contribution in [0.5, 0.6) is 0 Å². The van der Waals surface area contributed by atoms with Crippen molar-refractivity contribution in [1.29, 1.82) is 0 Å². The monoisotopic (exact) mass is 277 g/mol. The number of piperidine rings is 1.